The van der Waals surface area contributed by atoms with Gasteiger partial charge in [-0.2, -0.15) is 0 Å². The van der Waals surface area contributed by atoms with E-state index < -0.39 is 0 Å². The van der Waals surface area contributed by atoms with Gasteiger partial charge in [0.05, 0.1) is 0 Å². The summed E-state index contributed by atoms with van der Waals surface area (Å²) >= 11 is 0. The van der Waals surface area contributed by atoms with E-state index in [0.717, 1.165) is 0 Å². The monoisotopic (exact) mass is 180 g/mol. The normalized spacial score (nSPS) is 9.92. The minimum absolute atomic E-state index is 0.320. The molecule has 0 atom stereocenters. The zero-order chi connectivity index (χ0) is 9.84. The highest BCUT2D eigenvalue weighted by atomic mass is 16.2. The van der Waals surface area contributed by atoms with Crippen molar-refractivity contribution in [3.05, 3.63) is 45.3 Å². The summed E-state index contributed by atoms with van der Waals surface area (Å²) in [5, 5.41) is 0. The Hall–Kier alpha value is -1.58. The molecule has 70 valence electrons. The molecule has 4 heteroatoms. The van der Waals surface area contributed by atoms with Crippen molar-refractivity contribution in [2.75, 3.05) is 0 Å². The van der Waals surface area contributed by atoms with Crippen LogP contribution in [0.5, 0.6) is 0 Å². The average Bonchev–Trinajstić information content (AvgIpc) is 2.09. The summed E-state index contributed by atoms with van der Waals surface area (Å²) in [5.41, 5.74) is -0.138. The fraction of sp³-hybridized carbons (Fsp3) is 0.333. The summed E-state index contributed by atoms with van der Waals surface area (Å²) in [4.78, 5) is 24.4. The van der Waals surface area contributed by atoms with Crippen molar-refractivity contribution in [3.8, 4) is 0 Å². The van der Waals surface area contributed by atoms with E-state index in [9.17, 15) is 9.59 Å². The van der Waals surface area contributed by atoms with Crippen LogP contribution in [-0.4, -0.2) is 9.55 Å². The molecule has 1 N–H and O–H groups in total. The largest absolute Gasteiger partial charge is 0.328 e. The van der Waals surface area contributed by atoms with Crippen LogP contribution >= 0.6 is 0 Å². The minimum Gasteiger partial charge on any atom is -0.300 e. The second kappa shape index (κ2) is 3.89. The van der Waals surface area contributed by atoms with Crippen LogP contribution in [-0.2, 0) is 6.54 Å². The molecule has 0 bridgehead atoms. The fourth-order valence-corrected chi connectivity index (χ4v) is 1.01. The Morgan fingerprint density at radius 3 is 2.92 bits per heavy atom. The Morgan fingerprint density at radius 1 is 1.62 bits per heavy atom. The Morgan fingerprint density at radius 2 is 2.31 bits per heavy atom. The molecule has 0 aliphatic rings. The molecule has 0 saturated carbocycles. The van der Waals surface area contributed by atoms with E-state index in [4.69, 9.17) is 0 Å². The molecule has 0 radical (unpaired) electrons. The molecule has 0 unspecified atom stereocenters. The van der Waals surface area contributed by atoms with E-state index in [1.165, 1.54) is 4.57 Å². The Bertz CT molecular complexity index is 414. The summed E-state index contributed by atoms with van der Waals surface area (Å²) in [7, 11) is 0. The van der Waals surface area contributed by atoms with E-state index in [1.54, 1.807) is 19.2 Å². The average molecular weight is 180 g/mol. The highest BCUT2D eigenvalue weighted by Crippen LogP contribution is 1.88. The summed E-state index contributed by atoms with van der Waals surface area (Å²) in [6.45, 7) is 5.78. The standard InChI is InChI=1S/C9H12N2O2/c1-3-4-5-11-6-7(2)8(12)10-9(11)13/h3,6H,1,4-5H2,2H3,(H,10,12,13). The molecular formula is C9H12N2O2. The zero-order valence-corrected chi connectivity index (χ0v) is 7.54. The van der Waals surface area contributed by atoms with Gasteiger partial charge in [-0.1, -0.05) is 6.08 Å². The number of aromatic nitrogens is 2. The number of H-pyrrole nitrogens is 1. The molecule has 1 heterocycles. The zero-order valence-electron chi connectivity index (χ0n) is 7.54. The maximum Gasteiger partial charge on any atom is 0.328 e. The van der Waals surface area contributed by atoms with E-state index in [1.807, 2.05) is 0 Å². The lowest BCUT2D eigenvalue weighted by Gasteiger charge is -2.02. The van der Waals surface area contributed by atoms with Gasteiger partial charge in [-0.25, -0.2) is 4.79 Å². The summed E-state index contributed by atoms with van der Waals surface area (Å²) in [6.07, 6.45) is 4.00. The number of aromatic amines is 1. The van der Waals surface area contributed by atoms with Gasteiger partial charge in [0.25, 0.3) is 5.56 Å². The van der Waals surface area contributed by atoms with Gasteiger partial charge in [0.15, 0.2) is 0 Å². The van der Waals surface area contributed by atoms with Crippen molar-refractivity contribution in [2.24, 2.45) is 0 Å². The van der Waals surface area contributed by atoms with Gasteiger partial charge in [-0.3, -0.25) is 9.78 Å². The molecule has 13 heavy (non-hydrogen) atoms. The van der Waals surface area contributed by atoms with Gasteiger partial charge >= 0.3 is 5.69 Å². The number of rotatable bonds is 3. The Kier molecular flexibility index (Phi) is 2.84. The first-order chi connectivity index (χ1) is 6.15. The molecule has 0 fully saturated rings. The lowest BCUT2D eigenvalue weighted by molar-refractivity contribution is 0.650. The van der Waals surface area contributed by atoms with Crippen LogP contribution in [0.3, 0.4) is 0 Å². The first-order valence-electron chi connectivity index (χ1n) is 4.06. The molecule has 0 aliphatic heterocycles. The minimum atomic E-state index is -0.363. The number of nitrogens with one attached hydrogen (secondary N) is 1. The Balaban J connectivity index is 3.08. The summed E-state index contributed by atoms with van der Waals surface area (Å²) in [6, 6.07) is 0. The number of allylic oxidation sites excluding steroid dienone is 1. The van der Waals surface area contributed by atoms with Crippen LogP contribution in [0.2, 0.25) is 0 Å². The predicted octanol–water partition coefficient (Wildman–Crippen LogP) is 0.421. The summed E-state index contributed by atoms with van der Waals surface area (Å²) < 4.78 is 1.47. The Labute approximate surface area is 75.5 Å². The molecule has 0 amide bonds. The van der Waals surface area contributed by atoms with E-state index in [-0.39, 0.29) is 11.2 Å². The molecule has 1 aromatic rings. The van der Waals surface area contributed by atoms with Crippen molar-refractivity contribution in [2.45, 2.75) is 19.9 Å². The van der Waals surface area contributed by atoms with E-state index in [2.05, 4.69) is 11.6 Å². The van der Waals surface area contributed by atoms with Crippen LogP contribution in [0.25, 0.3) is 0 Å². The number of hydrogen-bond donors (Lipinski definition) is 1. The van der Waals surface area contributed by atoms with Gasteiger partial charge in [-0.15, -0.1) is 6.58 Å². The van der Waals surface area contributed by atoms with Crippen LogP contribution in [0.1, 0.15) is 12.0 Å². The first-order valence-corrected chi connectivity index (χ1v) is 4.06. The highest BCUT2D eigenvalue weighted by molar-refractivity contribution is 5.00. The maximum absolute atomic E-state index is 11.2. The third kappa shape index (κ3) is 2.18. The maximum atomic E-state index is 11.2. The van der Waals surface area contributed by atoms with Crippen LogP contribution in [0.4, 0.5) is 0 Å². The number of nitrogens with zero attached hydrogens (tertiary/aromatic N) is 1. The van der Waals surface area contributed by atoms with Gasteiger partial charge in [0, 0.05) is 18.3 Å². The third-order valence-corrected chi connectivity index (χ3v) is 1.76. The van der Waals surface area contributed by atoms with Crippen molar-refractivity contribution in [3.63, 3.8) is 0 Å². The highest BCUT2D eigenvalue weighted by Gasteiger charge is 1.98. The number of aryl methyl sites for hydroxylation is 2. The van der Waals surface area contributed by atoms with Crippen molar-refractivity contribution in [1.29, 1.82) is 0 Å². The fourth-order valence-electron chi connectivity index (χ4n) is 1.01. The third-order valence-electron chi connectivity index (χ3n) is 1.76. The lowest BCUT2D eigenvalue weighted by Crippen LogP contribution is -2.30. The molecule has 0 aliphatic carbocycles. The smallest absolute Gasteiger partial charge is 0.300 e. The number of hydrogen-bond acceptors (Lipinski definition) is 2. The lowest BCUT2D eigenvalue weighted by atomic mass is 10.3. The van der Waals surface area contributed by atoms with Gasteiger partial charge in [-0.05, 0) is 13.3 Å². The molecule has 0 aromatic carbocycles. The molecular weight excluding hydrogens is 168 g/mol. The molecule has 1 rings (SSSR count). The second-order valence-electron chi connectivity index (χ2n) is 2.84. The van der Waals surface area contributed by atoms with Crippen LogP contribution in [0, 0.1) is 6.92 Å². The SMILES string of the molecule is C=CCCn1cc(C)c(=O)[nH]c1=O. The van der Waals surface area contributed by atoms with Crippen molar-refractivity contribution >= 4 is 0 Å². The van der Waals surface area contributed by atoms with Gasteiger partial charge in [0.2, 0.25) is 0 Å². The van der Waals surface area contributed by atoms with E-state index >= 15 is 0 Å². The molecule has 4 nitrogen and oxygen atoms in total. The second-order valence-corrected chi connectivity index (χ2v) is 2.84. The molecule has 1 aromatic heterocycles. The molecule has 0 spiro atoms. The van der Waals surface area contributed by atoms with Crippen molar-refractivity contribution in [1.82, 2.24) is 9.55 Å². The topological polar surface area (TPSA) is 54.9 Å². The van der Waals surface area contributed by atoms with Crippen LogP contribution in [0.15, 0.2) is 28.4 Å². The van der Waals surface area contributed by atoms with Crippen LogP contribution < -0.4 is 11.2 Å². The van der Waals surface area contributed by atoms with Crippen molar-refractivity contribution < 1.29 is 0 Å². The summed E-state index contributed by atoms with van der Waals surface area (Å²) in [5.74, 6) is 0. The first kappa shape index (κ1) is 9.51. The molecule has 0 saturated heterocycles. The van der Waals surface area contributed by atoms with Gasteiger partial charge < -0.3 is 4.57 Å². The predicted molar refractivity (Wildman–Crippen MR) is 50.9 cm³/mol. The van der Waals surface area contributed by atoms with E-state index in [0.29, 0.717) is 18.5 Å². The quantitative estimate of drug-likeness (QED) is 0.685. The van der Waals surface area contributed by atoms with Gasteiger partial charge in [0.1, 0.15) is 0 Å².